The maximum absolute atomic E-state index is 9.59. The average molecular weight is 244 g/mol. The van der Waals surface area contributed by atoms with Crippen LogP contribution in [0.4, 0.5) is 0 Å². The molecule has 0 radical (unpaired) electrons. The van der Waals surface area contributed by atoms with E-state index in [1.165, 1.54) is 6.42 Å². The maximum atomic E-state index is 9.59. The number of hydrogen-bond donors (Lipinski definition) is 1. The van der Waals surface area contributed by atoms with E-state index >= 15 is 0 Å². The number of hydrogen-bond acceptors (Lipinski definition) is 3. The molecule has 0 aromatic rings. The third kappa shape index (κ3) is 5.36. The number of ether oxygens (including phenoxy) is 2. The van der Waals surface area contributed by atoms with Gasteiger partial charge in [0.05, 0.1) is 23.4 Å². The van der Waals surface area contributed by atoms with Crippen LogP contribution in [0.25, 0.3) is 0 Å². The molecule has 0 aromatic heterocycles. The zero-order valence-electron chi connectivity index (χ0n) is 12.0. The zero-order chi connectivity index (χ0) is 13.1. The summed E-state index contributed by atoms with van der Waals surface area (Å²) in [5.74, 6) is 0. The van der Waals surface area contributed by atoms with Gasteiger partial charge in [-0.3, -0.25) is 0 Å². The van der Waals surface area contributed by atoms with E-state index in [1.807, 2.05) is 6.92 Å². The molecule has 0 bridgehead atoms. The van der Waals surface area contributed by atoms with Crippen molar-refractivity contribution >= 4 is 0 Å². The summed E-state index contributed by atoms with van der Waals surface area (Å²) >= 11 is 0. The minimum Gasteiger partial charge on any atom is -0.390 e. The largest absolute Gasteiger partial charge is 0.390 e. The maximum Gasteiger partial charge on any atom is 0.0813 e. The molecule has 1 fully saturated rings. The second kappa shape index (κ2) is 5.68. The van der Waals surface area contributed by atoms with Crippen LogP contribution in [0.2, 0.25) is 0 Å². The summed E-state index contributed by atoms with van der Waals surface area (Å²) in [5, 5.41) is 9.59. The Hall–Kier alpha value is -0.120. The Kier molecular flexibility index (Phi) is 4.99. The fourth-order valence-electron chi connectivity index (χ4n) is 1.97. The second-order valence-corrected chi connectivity index (χ2v) is 6.26. The van der Waals surface area contributed by atoms with E-state index in [-0.39, 0.29) is 17.8 Å². The van der Waals surface area contributed by atoms with E-state index in [1.54, 1.807) is 13.8 Å². The van der Waals surface area contributed by atoms with E-state index < -0.39 is 5.60 Å². The SMILES string of the molecule is CC(OCCC(C)(C)O)C(C)OC1(C)CCC1. The van der Waals surface area contributed by atoms with Crippen molar-refractivity contribution in [1.82, 2.24) is 0 Å². The summed E-state index contributed by atoms with van der Waals surface area (Å²) in [6.45, 7) is 10.5. The third-order valence-corrected chi connectivity index (χ3v) is 3.64. The summed E-state index contributed by atoms with van der Waals surface area (Å²) in [4.78, 5) is 0. The van der Waals surface area contributed by atoms with E-state index in [0.29, 0.717) is 13.0 Å². The minimum absolute atomic E-state index is 0.0767. The van der Waals surface area contributed by atoms with E-state index in [2.05, 4.69) is 13.8 Å². The molecule has 0 saturated heterocycles. The van der Waals surface area contributed by atoms with Crippen LogP contribution in [0.15, 0.2) is 0 Å². The first-order chi connectivity index (χ1) is 7.72. The molecule has 0 heterocycles. The Morgan fingerprint density at radius 2 is 1.82 bits per heavy atom. The quantitative estimate of drug-likeness (QED) is 0.748. The van der Waals surface area contributed by atoms with E-state index in [0.717, 1.165) is 12.8 Å². The standard InChI is InChI=1S/C14H28O3/c1-11(16-10-9-13(3,4)15)12(2)17-14(5)7-6-8-14/h11-12,15H,6-10H2,1-5H3. The number of rotatable bonds is 7. The first-order valence-electron chi connectivity index (χ1n) is 6.74. The molecular formula is C14H28O3. The van der Waals surface area contributed by atoms with Crippen molar-refractivity contribution in [3.05, 3.63) is 0 Å². The van der Waals surface area contributed by atoms with Crippen molar-refractivity contribution in [3.63, 3.8) is 0 Å². The summed E-state index contributed by atoms with van der Waals surface area (Å²) in [7, 11) is 0. The first kappa shape index (κ1) is 14.9. The monoisotopic (exact) mass is 244 g/mol. The van der Waals surface area contributed by atoms with Gasteiger partial charge in [-0.2, -0.15) is 0 Å². The van der Waals surface area contributed by atoms with Gasteiger partial charge in [0, 0.05) is 6.61 Å². The van der Waals surface area contributed by atoms with Crippen LogP contribution >= 0.6 is 0 Å². The van der Waals surface area contributed by atoms with Gasteiger partial charge in [-0.1, -0.05) is 0 Å². The Labute approximate surface area is 105 Å². The van der Waals surface area contributed by atoms with Gasteiger partial charge in [0.15, 0.2) is 0 Å². The highest BCUT2D eigenvalue weighted by molar-refractivity contribution is 4.86. The molecule has 3 nitrogen and oxygen atoms in total. The highest BCUT2D eigenvalue weighted by Crippen LogP contribution is 2.36. The van der Waals surface area contributed by atoms with Gasteiger partial charge in [0.2, 0.25) is 0 Å². The molecule has 2 atom stereocenters. The lowest BCUT2D eigenvalue weighted by Crippen LogP contribution is -2.43. The predicted octanol–water partition coefficient (Wildman–Crippen LogP) is 2.90. The molecular weight excluding hydrogens is 216 g/mol. The first-order valence-corrected chi connectivity index (χ1v) is 6.74. The lowest BCUT2D eigenvalue weighted by atomic mass is 9.81. The lowest BCUT2D eigenvalue weighted by Gasteiger charge is -2.41. The van der Waals surface area contributed by atoms with Crippen LogP contribution in [-0.2, 0) is 9.47 Å². The molecule has 0 amide bonds. The highest BCUT2D eigenvalue weighted by Gasteiger charge is 2.35. The molecule has 1 aliphatic rings. The molecule has 2 unspecified atom stereocenters. The van der Waals surface area contributed by atoms with Crippen molar-refractivity contribution in [3.8, 4) is 0 Å². The van der Waals surface area contributed by atoms with Gasteiger partial charge < -0.3 is 14.6 Å². The molecule has 17 heavy (non-hydrogen) atoms. The molecule has 1 N–H and O–H groups in total. The van der Waals surface area contributed by atoms with Gasteiger partial charge >= 0.3 is 0 Å². The fourth-order valence-corrected chi connectivity index (χ4v) is 1.97. The van der Waals surface area contributed by atoms with Crippen LogP contribution in [0.3, 0.4) is 0 Å². The average Bonchev–Trinajstić information content (AvgIpc) is 2.13. The summed E-state index contributed by atoms with van der Waals surface area (Å²) in [6, 6.07) is 0. The van der Waals surface area contributed by atoms with E-state index in [9.17, 15) is 5.11 Å². The van der Waals surface area contributed by atoms with Crippen molar-refractivity contribution in [2.75, 3.05) is 6.61 Å². The molecule has 0 aliphatic heterocycles. The zero-order valence-corrected chi connectivity index (χ0v) is 12.0. The third-order valence-electron chi connectivity index (χ3n) is 3.64. The lowest BCUT2D eigenvalue weighted by molar-refractivity contribution is -0.162. The van der Waals surface area contributed by atoms with Crippen molar-refractivity contribution < 1.29 is 14.6 Å². The van der Waals surface area contributed by atoms with Crippen LogP contribution in [0.1, 0.15) is 60.3 Å². The van der Waals surface area contributed by atoms with Gasteiger partial charge in [-0.05, 0) is 60.3 Å². The van der Waals surface area contributed by atoms with Gasteiger partial charge in [0.25, 0.3) is 0 Å². The predicted molar refractivity (Wildman–Crippen MR) is 69.1 cm³/mol. The van der Waals surface area contributed by atoms with Crippen molar-refractivity contribution in [1.29, 1.82) is 0 Å². The van der Waals surface area contributed by atoms with Gasteiger partial charge in [0.1, 0.15) is 0 Å². The smallest absolute Gasteiger partial charge is 0.0813 e. The van der Waals surface area contributed by atoms with E-state index in [4.69, 9.17) is 9.47 Å². The van der Waals surface area contributed by atoms with Crippen molar-refractivity contribution in [2.45, 2.75) is 83.7 Å². The molecule has 1 rings (SSSR count). The molecule has 3 heteroatoms. The topological polar surface area (TPSA) is 38.7 Å². The van der Waals surface area contributed by atoms with Gasteiger partial charge in [-0.25, -0.2) is 0 Å². The Balaban J connectivity index is 2.20. The van der Waals surface area contributed by atoms with Crippen LogP contribution in [0.5, 0.6) is 0 Å². The van der Waals surface area contributed by atoms with Gasteiger partial charge in [-0.15, -0.1) is 0 Å². The Morgan fingerprint density at radius 1 is 1.24 bits per heavy atom. The second-order valence-electron chi connectivity index (χ2n) is 6.26. The van der Waals surface area contributed by atoms with Crippen LogP contribution < -0.4 is 0 Å². The highest BCUT2D eigenvalue weighted by atomic mass is 16.6. The molecule has 0 aromatic carbocycles. The normalized spacial score (nSPS) is 22.9. The van der Waals surface area contributed by atoms with Crippen LogP contribution in [-0.4, -0.2) is 35.1 Å². The number of aliphatic hydroxyl groups is 1. The minimum atomic E-state index is -0.649. The molecule has 0 spiro atoms. The molecule has 1 aliphatic carbocycles. The van der Waals surface area contributed by atoms with Crippen molar-refractivity contribution in [2.24, 2.45) is 0 Å². The summed E-state index contributed by atoms with van der Waals surface area (Å²) in [6.07, 6.45) is 4.44. The molecule has 1 saturated carbocycles. The van der Waals surface area contributed by atoms with Crippen LogP contribution in [0, 0.1) is 0 Å². The summed E-state index contributed by atoms with van der Waals surface area (Å²) < 4.78 is 11.7. The fraction of sp³-hybridized carbons (Fsp3) is 1.00. The Bertz CT molecular complexity index is 228. The Morgan fingerprint density at radius 3 is 2.24 bits per heavy atom. The molecule has 102 valence electrons. The summed E-state index contributed by atoms with van der Waals surface area (Å²) in [5.41, 5.74) is -0.572.